The number of carbonyl (C=O) groups is 2. The first-order valence-corrected chi connectivity index (χ1v) is 16.1. The molecule has 1 saturated carbocycles. The van der Waals surface area contributed by atoms with Gasteiger partial charge in [0.1, 0.15) is 22.9 Å². The van der Waals surface area contributed by atoms with Crippen LogP contribution >= 0.6 is 0 Å². The van der Waals surface area contributed by atoms with Crippen molar-refractivity contribution in [1.82, 2.24) is 29.2 Å². The number of nitriles is 1. The Morgan fingerprint density at radius 1 is 1.02 bits per heavy atom. The molecule has 248 valence electrons. The zero-order chi connectivity index (χ0) is 33.7. The Hall–Kier alpha value is -4.54. The second-order valence-electron chi connectivity index (χ2n) is 14.1. The van der Waals surface area contributed by atoms with Crippen molar-refractivity contribution in [3.05, 3.63) is 59.3 Å². The van der Waals surface area contributed by atoms with E-state index in [1.54, 1.807) is 30.9 Å². The summed E-state index contributed by atoms with van der Waals surface area (Å²) in [6.07, 6.45) is 6.96. The van der Waals surface area contributed by atoms with E-state index in [0.717, 1.165) is 54.7 Å². The molecule has 47 heavy (non-hydrogen) atoms. The maximum absolute atomic E-state index is 14.7. The topological polar surface area (TPSA) is 141 Å². The maximum atomic E-state index is 14.7. The molecule has 4 aromatic rings. The molecule has 1 aliphatic carbocycles. The van der Waals surface area contributed by atoms with E-state index in [4.69, 9.17) is 15.1 Å². The van der Waals surface area contributed by atoms with Crippen LogP contribution in [0.15, 0.2) is 36.7 Å². The lowest BCUT2D eigenvalue weighted by atomic mass is 9.90. The molecule has 1 saturated heterocycles. The highest BCUT2D eigenvalue weighted by atomic mass is 19.1. The predicted molar refractivity (Wildman–Crippen MR) is 173 cm³/mol. The van der Waals surface area contributed by atoms with Crippen molar-refractivity contribution >= 4 is 34.1 Å². The highest BCUT2D eigenvalue weighted by Crippen LogP contribution is 2.36. The van der Waals surface area contributed by atoms with Crippen molar-refractivity contribution < 1.29 is 23.8 Å². The van der Waals surface area contributed by atoms with Crippen LogP contribution in [0.4, 0.5) is 14.9 Å². The van der Waals surface area contributed by atoms with Gasteiger partial charge in [-0.05, 0) is 78.5 Å². The van der Waals surface area contributed by atoms with Crippen LogP contribution in [0.1, 0.15) is 88.0 Å². The molecule has 0 bridgehead atoms. The molecule has 13 heteroatoms. The minimum Gasteiger partial charge on any atom is -0.444 e. The summed E-state index contributed by atoms with van der Waals surface area (Å²) in [4.78, 5) is 30.1. The maximum Gasteiger partial charge on any atom is 0.410 e. The largest absolute Gasteiger partial charge is 0.444 e. The van der Waals surface area contributed by atoms with Gasteiger partial charge in [0.05, 0.1) is 28.9 Å². The molecule has 2 amide bonds. The summed E-state index contributed by atoms with van der Waals surface area (Å²) in [7, 11) is 0. The molecule has 0 spiro atoms. The number of fused-ring (bicyclic) bond motifs is 2. The average molecular weight is 645 g/mol. The van der Waals surface area contributed by atoms with Gasteiger partial charge in [0, 0.05) is 61.1 Å². The van der Waals surface area contributed by atoms with Crippen LogP contribution in [-0.2, 0) is 10.3 Å². The lowest BCUT2D eigenvalue weighted by Crippen LogP contribution is -2.53. The predicted octanol–water partition coefficient (Wildman–Crippen LogP) is 5.21. The summed E-state index contributed by atoms with van der Waals surface area (Å²) in [5.41, 5.74) is -0.0965. The van der Waals surface area contributed by atoms with Gasteiger partial charge in [-0.3, -0.25) is 14.4 Å². The monoisotopic (exact) mass is 644 g/mol. The zero-order valence-corrected chi connectivity index (χ0v) is 27.5. The van der Waals surface area contributed by atoms with E-state index >= 15 is 0 Å². The molecular formula is C34H41FN8O4. The van der Waals surface area contributed by atoms with Crippen molar-refractivity contribution in [3.63, 3.8) is 0 Å². The van der Waals surface area contributed by atoms with Crippen LogP contribution in [0.2, 0.25) is 0 Å². The van der Waals surface area contributed by atoms with E-state index in [9.17, 15) is 19.1 Å². The number of hydrogen-bond acceptors (Lipinski definition) is 8. The number of aliphatic hydroxyl groups is 1. The first kappa shape index (κ1) is 32.4. The number of aromatic nitrogens is 4. The number of amides is 2. The van der Waals surface area contributed by atoms with E-state index in [0.29, 0.717) is 35.9 Å². The Kier molecular flexibility index (Phi) is 8.44. The van der Waals surface area contributed by atoms with Gasteiger partial charge in [-0.1, -0.05) is 0 Å². The lowest BCUT2D eigenvalue weighted by Gasteiger charge is -2.42. The number of benzene rings is 1. The summed E-state index contributed by atoms with van der Waals surface area (Å²) in [6, 6.07) is 8.57. The van der Waals surface area contributed by atoms with Crippen molar-refractivity contribution in [2.45, 2.75) is 83.6 Å². The number of nitrogens with one attached hydrogen (secondary N) is 1. The van der Waals surface area contributed by atoms with Crippen molar-refractivity contribution in [1.29, 1.82) is 5.26 Å². The summed E-state index contributed by atoms with van der Waals surface area (Å²) >= 11 is 0. The normalized spacial score (nSPS) is 19.6. The van der Waals surface area contributed by atoms with Crippen LogP contribution in [0, 0.1) is 17.1 Å². The van der Waals surface area contributed by atoms with Gasteiger partial charge in [0.25, 0.3) is 5.91 Å². The number of carbonyl (C=O) groups excluding carboxylic acids is 2. The van der Waals surface area contributed by atoms with Crippen LogP contribution < -0.4 is 5.32 Å². The van der Waals surface area contributed by atoms with Crippen molar-refractivity contribution in [3.8, 4) is 6.07 Å². The van der Waals surface area contributed by atoms with Gasteiger partial charge in [-0.25, -0.2) is 13.7 Å². The third-order valence-corrected chi connectivity index (χ3v) is 9.02. The molecule has 3 aromatic heterocycles. The fourth-order valence-electron chi connectivity index (χ4n) is 6.63. The molecule has 0 atom stereocenters. The number of hydrogen-bond donors (Lipinski definition) is 2. The van der Waals surface area contributed by atoms with Crippen LogP contribution in [0.25, 0.3) is 16.4 Å². The van der Waals surface area contributed by atoms with Gasteiger partial charge in [-0.15, -0.1) is 0 Å². The second-order valence-corrected chi connectivity index (χ2v) is 14.1. The van der Waals surface area contributed by atoms with Gasteiger partial charge in [0.15, 0.2) is 5.82 Å². The first-order chi connectivity index (χ1) is 22.2. The summed E-state index contributed by atoms with van der Waals surface area (Å²) < 4.78 is 23.4. The SMILES string of the molecule is CC(C)(C)OC(=O)N1CCN(C2CCC(n3cc4cc(NC(=O)c5cc(F)c6cc(C#N)cnn56)c(C(C)(C)O)cc4n3)CC2)CC1. The molecule has 0 unspecified atom stereocenters. The van der Waals surface area contributed by atoms with E-state index < -0.39 is 22.9 Å². The highest BCUT2D eigenvalue weighted by Gasteiger charge is 2.32. The number of anilines is 1. The Labute approximate surface area is 272 Å². The molecule has 12 nitrogen and oxygen atoms in total. The summed E-state index contributed by atoms with van der Waals surface area (Å²) in [6.45, 7) is 11.9. The van der Waals surface area contributed by atoms with E-state index in [-0.39, 0.29) is 28.9 Å². The number of rotatable bonds is 5. The summed E-state index contributed by atoms with van der Waals surface area (Å²) in [5, 5.41) is 32.8. The molecule has 4 heterocycles. The molecule has 0 radical (unpaired) electrons. The van der Waals surface area contributed by atoms with Gasteiger partial charge >= 0.3 is 6.09 Å². The van der Waals surface area contributed by atoms with Gasteiger partial charge in [-0.2, -0.15) is 15.5 Å². The minimum absolute atomic E-state index is 0.0198. The standard InChI is InChI=1S/C34H41FN8O4/c1-33(2,3)47-32(45)41-12-10-40(11-13-41)23-6-8-24(9-7-23)42-20-22-15-28(25(34(4,5)46)16-27(22)39-42)38-31(44)30-17-26(35)29-14-21(18-36)19-37-43(29)30/h14-17,19-20,23-24,46H,6-13H2,1-5H3,(H,38,44). The molecule has 6 rings (SSSR count). The molecule has 1 aliphatic heterocycles. The van der Waals surface area contributed by atoms with E-state index in [1.807, 2.05) is 37.7 Å². The Balaban J connectivity index is 1.15. The quantitative estimate of drug-likeness (QED) is 0.302. The molecular weight excluding hydrogens is 603 g/mol. The second kappa shape index (κ2) is 12.2. The molecule has 2 N–H and O–H groups in total. The van der Waals surface area contributed by atoms with Gasteiger partial charge < -0.3 is 20.1 Å². The first-order valence-electron chi connectivity index (χ1n) is 16.1. The van der Waals surface area contributed by atoms with Crippen molar-refractivity contribution in [2.75, 3.05) is 31.5 Å². The Morgan fingerprint density at radius 2 is 1.70 bits per heavy atom. The van der Waals surface area contributed by atoms with Crippen LogP contribution in [0.3, 0.4) is 0 Å². The molecule has 2 aliphatic rings. The molecule has 2 fully saturated rings. The third kappa shape index (κ3) is 6.80. The Bertz CT molecular complexity index is 1860. The van der Waals surface area contributed by atoms with E-state index in [1.165, 1.54) is 12.3 Å². The van der Waals surface area contributed by atoms with Crippen LogP contribution in [-0.4, -0.2) is 84.1 Å². The zero-order valence-electron chi connectivity index (χ0n) is 27.5. The molecule has 1 aromatic carbocycles. The number of ether oxygens (including phenoxy) is 1. The third-order valence-electron chi connectivity index (χ3n) is 9.02. The van der Waals surface area contributed by atoms with Crippen molar-refractivity contribution in [2.24, 2.45) is 0 Å². The lowest BCUT2D eigenvalue weighted by molar-refractivity contribution is 0.00721. The fraction of sp³-hybridized carbons (Fsp3) is 0.500. The minimum atomic E-state index is -1.31. The average Bonchev–Trinajstić information content (AvgIpc) is 3.59. The van der Waals surface area contributed by atoms with Gasteiger partial charge in [0.2, 0.25) is 0 Å². The van der Waals surface area contributed by atoms with Crippen LogP contribution in [0.5, 0.6) is 0 Å². The number of nitrogens with zero attached hydrogens (tertiary/aromatic N) is 7. The summed E-state index contributed by atoms with van der Waals surface area (Å²) in [5.74, 6) is -1.28. The Morgan fingerprint density at radius 3 is 2.34 bits per heavy atom. The number of halogens is 1. The highest BCUT2D eigenvalue weighted by molar-refractivity contribution is 6.05. The number of piperazine rings is 1. The fourth-order valence-corrected chi connectivity index (χ4v) is 6.63. The van der Waals surface area contributed by atoms with E-state index in [2.05, 4.69) is 15.3 Å². The smallest absolute Gasteiger partial charge is 0.410 e.